The standard InChI is InChI=1S/C73H100N14O22/c88-60(19-9-11-47-21-27-52(28-22-47)87(108)109)76-41-62(90)79-56(16-5-7-29-74-63(91)43-83-31-33-84(44-65(94)95)35-37-86(46-67(98)99)38-36-85(34-32-83)45-66(96)97)69(101)77-42-61(89)78-51-25-23-48(24-26-51)68(100)80-59(40-55-53-14-3-1-12-49(53)39-50-13-2-4-15-54(50)55)70(102)75-30-8-6-17-57(71(103)104)81-73(107)82-58(72(105)106)18-10-20-64(92)93/h1-4,12-15,21-22,27-28,39,48,51,56-59H,5-11,16-20,23-26,29-38,40-46H2,(H,74,91)(H,75,102)(H,76,88)(H,77,101)(H,78,89)(H,79,90)(H,80,100)(H,92,93)(H,94,95)(H,96,97)(H,98,99)(H,103,104)(H,105,106)(H2,81,82,107)/t48?,51?,56-,57-,58-,59-/m0/s1. The molecule has 0 unspecified atom stereocenters. The number of carbonyl (C=O) groups excluding carboxylic acids is 8. The van der Waals surface area contributed by atoms with Gasteiger partial charge >= 0.3 is 41.8 Å². The van der Waals surface area contributed by atoms with E-state index in [9.17, 15) is 103 Å². The van der Waals surface area contributed by atoms with Crippen LogP contribution in [0.25, 0.3) is 21.5 Å². The van der Waals surface area contributed by atoms with Crippen LogP contribution in [0, 0.1) is 16.0 Å². The van der Waals surface area contributed by atoms with Gasteiger partial charge in [-0.3, -0.25) is 82.5 Å². The van der Waals surface area contributed by atoms with Crippen molar-refractivity contribution in [2.45, 2.75) is 139 Å². The normalized spacial score (nSPS) is 16.6. The average Bonchev–Trinajstić information content (AvgIpc) is 0.772. The van der Waals surface area contributed by atoms with Crippen LogP contribution in [0.2, 0.25) is 0 Å². The van der Waals surface area contributed by atoms with Crippen molar-refractivity contribution in [2.24, 2.45) is 5.92 Å². The summed E-state index contributed by atoms with van der Waals surface area (Å²) < 4.78 is 0. The molecule has 1 aliphatic heterocycles. The molecular weight excluding hydrogens is 1420 g/mol. The zero-order valence-electron chi connectivity index (χ0n) is 60.8. The van der Waals surface area contributed by atoms with Crippen LogP contribution in [0.3, 0.4) is 0 Å². The molecule has 1 aliphatic carbocycles. The number of nitrogens with one attached hydrogen (secondary N) is 9. The Morgan fingerprint density at radius 1 is 0.450 bits per heavy atom. The first kappa shape index (κ1) is 86.9. The van der Waals surface area contributed by atoms with Gasteiger partial charge in [0.15, 0.2) is 0 Å². The molecule has 15 N–H and O–H groups in total. The van der Waals surface area contributed by atoms with E-state index in [1.807, 2.05) is 54.6 Å². The molecule has 9 amide bonds. The summed E-state index contributed by atoms with van der Waals surface area (Å²) in [4.78, 5) is 196. The average molecular weight is 1530 g/mol. The van der Waals surface area contributed by atoms with Crippen molar-refractivity contribution in [3.8, 4) is 0 Å². The van der Waals surface area contributed by atoms with Gasteiger partial charge in [0.1, 0.15) is 24.2 Å². The number of non-ortho nitro benzene ring substituents is 1. The number of unbranched alkanes of at least 4 members (excludes halogenated alkanes) is 2. The zero-order valence-corrected chi connectivity index (χ0v) is 60.8. The third-order valence-electron chi connectivity index (χ3n) is 18.8. The summed E-state index contributed by atoms with van der Waals surface area (Å²) in [7, 11) is 0. The van der Waals surface area contributed by atoms with Gasteiger partial charge in [-0.2, -0.15) is 0 Å². The number of rotatable bonds is 43. The summed E-state index contributed by atoms with van der Waals surface area (Å²) in [6.07, 6.45) is 2.39. The van der Waals surface area contributed by atoms with Crippen molar-refractivity contribution < 1.29 is 103 Å². The summed E-state index contributed by atoms with van der Waals surface area (Å²) in [5.41, 5.74) is 1.48. The predicted molar refractivity (Wildman–Crippen MR) is 393 cm³/mol. The number of benzene rings is 4. The molecule has 2 fully saturated rings. The fourth-order valence-corrected chi connectivity index (χ4v) is 13.0. The van der Waals surface area contributed by atoms with E-state index in [2.05, 4.69) is 47.9 Å². The lowest BCUT2D eigenvalue weighted by atomic mass is 9.85. The zero-order chi connectivity index (χ0) is 79.4. The van der Waals surface area contributed by atoms with Crippen molar-refractivity contribution in [2.75, 3.05) is 105 Å². The van der Waals surface area contributed by atoms with E-state index in [-0.39, 0.29) is 162 Å². The van der Waals surface area contributed by atoms with Crippen LogP contribution >= 0.6 is 0 Å². The molecule has 0 bridgehead atoms. The first-order chi connectivity index (χ1) is 52.1. The largest absolute Gasteiger partial charge is 0.481 e. The highest BCUT2D eigenvalue weighted by atomic mass is 16.6. The summed E-state index contributed by atoms with van der Waals surface area (Å²) in [5, 5.41) is 95.4. The highest BCUT2D eigenvalue weighted by Gasteiger charge is 2.33. The number of hydrogen-bond donors (Lipinski definition) is 15. The Morgan fingerprint density at radius 3 is 1.43 bits per heavy atom. The van der Waals surface area contributed by atoms with Crippen LogP contribution in [0.4, 0.5) is 10.5 Å². The number of aliphatic carboxylic acids is 6. The maximum absolute atomic E-state index is 14.3. The summed E-state index contributed by atoms with van der Waals surface area (Å²) >= 11 is 0. The molecule has 4 aromatic rings. The molecule has 1 heterocycles. The number of urea groups is 1. The first-order valence-corrected chi connectivity index (χ1v) is 36.5. The first-order valence-electron chi connectivity index (χ1n) is 36.5. The van der Waals surface area contributed by atoms with Gasteiger partial charge < -0.3 is 78.5 Å². The van der Waals surface area contributed by atoms with E-state index >= 15 is 0 Å². The van der Waals surface area contributed by atoms with Crippen LogP contribution in [-0.4, -0.2) is 273 Å². The second kappa shape index (κ2) is 45.6. The quantitative estimate of drug-likeness (QED) is 0.0126. The van der Waals surface area contributed by atoms with Crippen LogP contribution in [0.15, 0.2) is 78.9 Å². The number of carbonyl (C=O) groups is 14. The minimum Gasteiger partial charge on any atom is -0.481 e. The topological polar surface area (TPSA) is 525 Å². The van der Waals surface area contributed by atoms with Gasteiger partial charge in [0, 0.05) is 109 Å². The monoisotopic (exact) mass is 1520 g/mol. The Kier molecular flexibility index (Phi) is 36.4. The Bertz CT molecular complexity index is 3730. The Morgan fingerprint density at radius 2 is 0.927 bits per heavy atom. The number of carboxylic acid groups (broad SMARTS) is 6. The van der Waals surface area contributed by atoms with Gasteiger partial charge in [-0.05, 0) is 129 Å². The highest BCUT2D eigenvalue weighted by molar-refractivity contribution is 6.03. The second-order valence-electron chi connectivity index (χ2n) is 27.2. The van der Waals surface area contributed by atoms with Gasteiger partial charge in [0.25, 0.3) is 5.69 Å². The molecule has 0 aromatic heterocycles. The molecule has 4 atom stereocenters. The van der Waals surface area contributed by atoms with E-state index < -0.39 is 137 Å². The van der Waals surface area contributed by atoms with Crippen LogP contribution in [0.1, 0.15) is 107 Å². The smallest absolute Gasteiger partial charge is 0.326 e. The number of hydrogen-bond acceptors (Lipinski definition) is 20. The molecule has 36 nitrogen and oxygen atoms in total. The van der Waals surface area contributed by atoms with Gasteiger partial charge in [0.2, 0.25) is 41.4 Å². The predicted octanol–water partition coefficient (Wildman–Crippen LogP) is 0.852. The molecule has 36 heteroatoms. The molecule has 109 heavy (non-hydrogen) atoms. The third-order valence-corrected chi connectivity index (χ3v) is 18.8. The minimum atomic E-state index is -1.47. The fourth-order valence-electron chi connectivity index (χ4n) is 13.0. The van der Waals surface area contributed by atoms with E-state index in [0.29, 0.717) is 44.9 Å². The molecule has 2 aliphatic rings. The number of nitro groups is 1. The van der Waals surface area contributed by atoms with E-state index in [0.717, 1.165) is 32.7 Å². The summed E-state index contributed by atoms with van der Waals surface area (Å²) in [5.74, 6) is -11.7. The molecule has 1 saturated carbocycles. The summed E-state index contributed by atoms with van der Waals surface area (Å²) in [6.45, 7) is -0.474. The van der Waals surface area contributed by atoms with Crippen molar-refractivity contribution in [3.05, 3.63) is 100 Å². The molecular formula is C73H100N14O22. The van der Waals surface area contributed by atoms with Gasteiger partial charge in [-0.15, -0.1) is 0 Å². The maximum atomic E-state index is 14.3. The number of fused-ring (bicyclic) bond motifs is 2. The molecule has 6 rings (SSSR count). The molecule has 0 radical (unpaired) electrons. The lowest BCUT2D eigenvalue weighted by Gasteiger charge is -2.32. The Labute approximate surface area is 628 Å². The number of nitro benzene ring substituents is 1. The lowest BCUT2D eigenvalue weighted by Crippen LogP contribution is -2.52. The molecule has 4 aromatic carbocycles. The van der Waals surface area contributed by atoms with E-state index in [1.165, 1.54) is 12.1 Å². The molecule has 1 saturated heterocycles. The molecule has 0 spiro atoms. The fraction of sp³-hybridized carbons (Fsp3) is 0.534. The van der Waals surface area contributed by atoms with Crippen LogP contribution < -0.4 is 47.9 Å². The Hall–Kier alpha value is -11.0. The van der Waals surface area contributed by atoms with Crippen molar-refractivity contribution in [1.29, 1.82) is 0 Å². The highest BCUT2D eigenvalue weighted by Crippen LogP contribution is 2.31. The van der Waals surface area contributed by atoms with Crippen LogP contribution in [0.5, 0.6) is 0 Å². The van der Waals surface area contributed by atoms with Gasteiger partial charge in [-0.25, -0.2) is 14.4 Å². The minimum absolute atomic E-state index is 0.00808. The van der Waals surface area contributed by atoms with E-state index in [1.54, 1.807) is 31.7 Å². The Balaban J connectivity index is 1.03. The van der Waals surface area contributed by atoms with Gasteiger partial charge in [0.05, 0.1) is 44.2 Å². The summed E-state index contributed by atoms with van der Waals surface area (Å²) in [6, 6.07) is 16.4. The van der Waals surface area contributed by atoms with Crippen molar-refractivity contribution >= 4 is 110 Å². The number of carboxylic acids is 6. The maximum Gasteiger partial charge on any atom is 0.326 e. The number of nitrogens with zero attached hydrogens (tertiary/aromatic N) is 5. The van der Waals surface area contributed by atoms with Crippen molar-refractivity contribution in [3.63, 3.8) is 0 Å². The van der Waals surface area contributed by atoms with Crippen molar-refractivity contribution in [1.82, 2.24) is 67.5 Å². The third kappa shape index (κ3) is 32.2. The van der Waals surface area contributed by atoms with E-state index in [4.69, 9.17) is 5.11 Å². The van der Waals surface area contributed by atoms with Crippen LogP contribution in [-0.2, 0) is 75.2 Å². The van der Waals surface area contributed by atoms with Gasteiger partial charge in [-0.1, -0.05) is 60.7 Å². The SMILES string of the molecule is O=C(O)CCC[C@H](NC(=O)N[C@@H](CCCCNC(=O)[C@H](Cc1c2ccccc2cc2ccccc12)NC(=O)C1CCC(NC(=O)CNC(=O)[C@H](CCCCNC(=O)CN2CCN(CC(=O)O)CCN(CC(=O)O)CCN(CC(=O)O)CC2)NC(=O)CNC(=O)CCCc2ccc([N+](=O)[O-])cc2)CC1)C(=O)O)C(=O)O. The molecule has 594 valence electrons. The lowest BCUT2D eigenvalue weighted by molar-refractivity contribution is -0.384. The number of aryl methyl sites for hydroxylation is 1. The number of amides is 9. The second-order valence-corrected chi connectivity index (χ2v) is 27.2.